The number of anilines is 1. The molecule has 0 bridgehead atoms. The number of hydrogen-bond acceptors (Lipinski definition) is 6. The maximum absolute atomic E-state index is 12.5. The fourth-order valence-corrected chi connectivity index (χ4v) is 3.28. The fraction of sp³-hybridized carbons (Fsp3) is 0.333. The summed E-state index contributed by atoms with van der Waals surface area (Å²) < 4.78 is 12.1. The second kappa shape index (κ2) is 8.81. The maximum atomic E-state index is 12.5. The van der Waals surface area contributed by atoms with Crippen LogP contribution in [0.4, 0.5) is 5.69 Å². The van der Waals surface area contributed by atoms with Crippen molar-refractivity contribution in [2.75, 3.05) is 19.5 Å². The van der Waals surface area contributed by atoms with Crippen LogP contribution in [0.5, 0.6) is 11.5 Å². The van der Waals surface area contributed by atoms with Crippen LogP contribution in [0.25, 0.3) is 5.95 Å². The van der Waals surface area contributed by atoms with Gasteiger partial charge >= 0.3 is 0 Å². The van der Waals surface area contributed by atoms with Gasteiger partial charge in [0.15, 0.2) is 11.5 Å². The number of H-pyrrole nitrogens is 1. The molecule has 9 nitrogen and oxygen atoms in total. The highest BCUT2D eigenvalue weighted by molar-refractivity contribution is 5.91. The minimum Gasteiger partial charge on any atom is -0.493 e. The first kappa shape index (κ1) is 21.1. The second-order valence-corrected chi connectivity index (χ2v) is 6.89. The number of carbonyl (C=O) groups excluding carboxylic acids is 1. The molecule has 0 unspecified atom stereocenters. The van der Waals surface area contributed by atoms with Gasteiger partial charge in [0.1, 0.15) is 0 Å². The first-order valence-corrected chi connectivity index (χ1v) is 9.47. The average Bonchev–Trinajstić information content (AvgIpc) is 2.99. The van der Waals surface area contributed by atoms with E-state index >= 15 is 0 Å². The summed E-state index contributed by atoms with van der Waals surface area (Å²) in [5, 5.41) is 7.36. The van der Waals surface area contributed by atoms with Crippen LogP contribution in [-0.2, 0) is 11.2 Å². The van der Waals surface area contributed by atoms with Crippen LogP contribution in [0.15, 0.2) is 29.1 Å². The number of amides is 1. The van der Waals surface area contributed by atoms with Gasteiger partial charge in [0, 0.05) is 35.6 Å². The molecule has 0 aliphatic carbocycles. The summed E-state index contributed by atoms with van der Waals surface area (Å²) in [6.07, 6.45) is 0.784. The lowest BCUT2D eigenvalue weighted by atomic mass is 10.1. The van der Waals surface area contributed by atoms with E-state index in [0.29, 0.717) is 35.2 Å². The standard InChI is InChI=1S/C21H25N5O4/c1-12-10-20(28)24-21(22-12)26-14(3)16(13(2)25-26)7-9-19(27)23-15-6-8-17(29-4)18(11-15)30-5/h6,8,10-11H,7,9H2,1-5H3,(H,23,27)(H,22,24,28). The number of carbonyl (C=O) groups is 1. The molecule has 0 atom stereocenters. The number of ether oxygens (including phenoxy) is 2. The Morgan fingerprint density at radius 1 is 1.13 bits per heavy atom. The molecule has 2 N–H and O–H groups in total. The minimum absolute atomic E-state index is 0.129. The van der Waals surface area contributed by atoms with E-state index in [1.807, 2.05) is 13.8 Å². The number of rotatable bonds is 7. The van der Waals surface area contributed by atoms with Crippen molar-refractivity contribution >= 4 is 11.6 Å². The summed E-state index contributed by atoms with van der Waals surface area (Å²) >= 11 is 0. The number of aryl methyl sites for hydroxylation is 2. The quantitative estimate of drug-likeness (QED) is 0.618. The van der Waals surface area contributed by atoms with Crippen molar-refractivity contribution in [1.29, 1.82) is 0 Å². The van der Waals surface area contributed by atoms with Gasteiger partial charge in [-0.2, -0.15) is 5.10 Å². The predicted molar refractivity (Wildman–Crippen MR) is 113 cm³/mol. The molecular formula is C21H25N5O4. The lowest BCUT2D eigenvalue weighted by Gasteiger charge is -2.10. The number of nitrogens with zero attached hydrogens (tertiary/aromatic N) is 3. The Morgan fingerprint density at radius 2 is 1.87 bits per heavy atom. The van der Waals surface area contributed by atoms with Gasteiger partial charge in [-0.05, 0) is 44.9 Å². The molecule has 1 aromatic carbocycles. The molecular weight excluding hydrogens is 386 g/mol. The van der Waals surface area contributed by atoms with Gasteiger partial charge in [-0.15, -0.1) is 0 Å². The maximum Gasteiger partial charge on any atom is 0.252 e. The summed E-state index contributed by atoms with van der Waals surface area (Å²) in [4.78, 5) is 31.3. The second-order valence-electron chi connectivity index (χ2n) is 6.89. The van der Waals surface area contributed by atoms with Crippen LogP contribution in [-0.4, -0.2) is 39.9 Å². The van der Waals surface area contributed by atoms with E-state index in [1.165, 1.54) is 6.07 Å². The monoisotopic (exact) mass is 411 g/mol. The highest BCUT2D eigenvalue weighted by Crippen LogP contribution is 2.29. The summed E-state index contributed by atoms with van der Waals surface area (Å²) in [6, 6.07) is 6.63. The number of nitrogens with one attached hydrogen (secondary N) is 2. The van der Waals surface area contributed by atoms with Crippen molar-refractivity contribution in [3.8, 4) is 17.4 Å². The van der Waals surface area contributed by atoms with Crippen LogP contribution in [0.1, 0.15) is 29.1 Å². The summed E-state index contributed by atoms with van der Waals surface area (Å²) in [5.74, 6) is 1.37. The molecule has 0 fully saturated rings. The Bertz CT molecular complexity index is 1130. The van der Waals surface area contributed by atoms with Gasteiger partial charge in [0.25, 0.3) is 5.56 Å². The van der Waals surface area contributed by atoms with E-state index in [9.17, 15) is 9.59 Å². The smallest absolute Gasteiger partial charge is 0.252 e. The molecule has 158 valence electrons. The van der Waals surface area contributed by atoms with Crippen molar-refractivity contribution in [3.63, 3.8) is 0 Å². The van der Waals surface area contributed by atoms with Gasteiger partial charge in [0.05, 0.1) is 19.9 Å². The molecule has 1 amide bonds. The number of aromatic amines is 1. The molecule has 2 heterocycles. The van der Waals surface area contributed by atoms with Gasteiger partial charge in [0.2, 0.25) is 11.9 Å². The third kappa shape index (κ3) is 4.51. The molecule has 3 rings (SSSR count). The van der Waals surface area contributed by atoms with Crippen molar-refractivity contribution in [3.05, 3.63) is 57.3 Å². The lowest BCUT2D eigenvalue weighted by Crippen LogP contribution is -2.15. The Labute approximate surface area is 174 Å². The van der Waals surface area contributed by atoms with Gasteiger partial charge in [-0.25, -0.2) is 9.67 Å². The van der Waals surface area contributed by atoms with Crippen LogP contribution in [0, 0.1) is 20.8 Å². The lowest BCUT2D eigenvalue weighted by molar-refractivity contribution is -0.116. The van der Waals surface area contributed by atoms with Gasteiger partial charge in [-0.1, -0.05) is 0 Å². The van der Waals surface area contributed by atoms with Crippen LogP contribution >= 0.6 is 0 Å². The van der Waals surface area contributed by atoms with Crippen LogP contribution in [0.3, 0.4) is 0 Å². The van der Waals surface area contributed by atoms with E-state index in [2.05, 4.69) is 20.4 Å². The third-order valence-electron chi connectivity index (χ3n) is 4.77. The molecule has 0 radical (unpaired) electrons. The van der Waals surface area contributed by atoms with Crippen LogP contribution in [0.2, 0.25) is 0 Å². The average molecular weight is 411 g/mol. The fourth-order valence-electron chi connectivity index (χ4n) is 3.28. The highest BCUT2D eigenvalue weighted by atomic mass is 16.5. The molecule has 0 saturated heterocycles. The first-order chi connectivity index (χ1) is 14.3. The Morgan fingerprint density at radius 3 is 2.53 bits per heavy atom. The largest absolute Gasteiger partial charge is 0.493 e. The number of benzene rings is 1. The zero-order valence-corrected chi connectivity index (χ0v) is 17.7. The SMILES string of the molecule is COc1ccc(NC(=O)CCc2c(C)nn(-c3nc(C)cc(=O)[nH]3)c2C)cc1OC. The Kier molecular flexibility index (Phi) is 6.20. The van der Waals surface area contributed by atoms with E-state index < -0.39 is 0 Å². The normalized spacial score (nSPS) is 10.7. The van der Waals surface area contributed by atoms with Crippen LogP contribution < -0.4 is 20.3 Å². The van der Waals surface area contributed by atoms with E-state index in [4.69, 9.17) is 9.47 Å². The van der Waals surface area contributed by atoms with Crippen molar-refractivity contribution in [2.24, 2.45) is 0 Å². The zero-order chi connectivity index (χ0) is 21.8. The van der Waals surface area contributed by atoms with E-state index in [-0.39, 0.29) is 17.9 Å². The zero-order valence-electron chi connectivity index (χ0n) is 17.7. The van der Waals surface area contributed by atoms with Crippen molar-refractivity contribution in [2.45, 2.75) is 33.6 Å². The molecule has 3 aromatic rings. The first-order valence-electron chi connectivity index (χ1n) is 9.47. The predicted octanol–water partition coefficient (Wildman–Crippen LogP) is 2.47. The summed E-state index contributed by atoms with van der Waals surface area (Å²) in [5.41, 5.74) is 3.57. The topological polar surface area (TPSA) is 111 Å². The molecule has 0 spiro atoms. The van der Waals surface area contributed by atoms with Crippen molar-refractivity contribution in [1.82, 2.24) is 19.7 Å². The van der Waals surface area contributed by atoms with E-state index in [0.717, 1.165) is 17.0 Å². The van der Waals surface area contributed by atoms with Crippen molar-refractivity contribution < 1.29 is 14.3 Å². The molecule has 9 heteroatoms. The number of hydrogen-bond donors (Lipinski definition) is 2. The number of methoxy groups -OCH3 is 2. The minimum atomic E-state index is -0.235. The molecule has 30 heavy (non-hydrogen) atoms. The molecule has 0 saturated carbocycles. The van der Waals surface area contributed by atoms with Gasteiger partial charge < -0.3 is 14.8 Å². The molecule has 2 aromatic heterocycles. The third-order valence-corrected chi connectivity index (χ3v) is 4.77. The van der Waals surface area contributed by atoms with E-state index in [1.54, 1.807) is 44.0 Å². The summed E-state index contributed by atoms with van der Waals surface area (Å²) in [7, 11) is 3.10. The molecule has 0 aliphatic heterocycles. The highest BCUT2D eigenvalue weighted by Gasteiger charge is 2.16. The Hall–Kier alpha value is -3.62. The van der Waals surface area contributed by atoms with Gasteiger partial charge in [-0.3, -0.25) is 14.6 Å². The molecule has 0 aliphatic rings. The Balaban J connectivity index is 1.72. The summed E-state index contributed by atoms with van der Waals surface area (Å²) in [6.45, 7) is 5.52. The number of aromatic nitrogens is 4.